The Kier molecular flexibility index (Phi) is 5.38. The Labute approximate surface area is 146 Å². The Balaban J connectivity index is 1.62. The fraction of sp³-hybridized carbons (Fsp3) is 0.208. The van der Waals surface area contributed by atoms with Crippen molar-refractivity contribution in [3.63, 3.8) is 0 Å². The molecule has 0 N–H and O–H groups in total. The van der Waals surface area contributed by atoms with Gasteiger partial charge in [-0.1, -0.05) is 78.4 Å². The topological polar surface area (TPSA) is 0 Å². The number of hydrogen-bond acceptors (Lipinski definition) is 0. The van der Waals surface area contributed by atoms with Crippen LogP contribution in [0, 0.1) is 13.8 Å². The van der Waals surface area contributed by atoms with Crippen LogP contribution in [0.4, 0.5) is 0 Å². The molecule has 0 atom stereocenters. The third kappa shape index (κ3) is 4.52. The molecule has 0 unspecified atom stereocenters. The second kappa shape index (κ2) is 7.88. The lowest BCUT2D eigenvalue weighted by molar-refractivity contribution is 0.996. The highest BCUT2D eigenvalue weighted by Gasteiger charge is 2.00. The molecule has 0 heterocycles. The summed E-state index contributed by atoms with van der Waals surface area (Å²) >= 11 is 0. The molecule has 0 aliphatic carbocycles. The van der Waals surface area contributed by atoms with Gasteiger partial charge in [-0.15, -0.1) is 0 Å². The van der Waals surface area contributed by atoms with E-state index in [0.717, 1.165) is 25.7 Å². The molecule has 0 aliphatic rings. The normalized spacial score (nSPS) is 10.7. The molecule has 0 heteroatoms. The first-order chi connectivity index (χ1) is 11.7. The van der Waals surface area contributed by atoms with E-state index < -0.39 is 0 Å². The molecule has 0 spiro atoms. The zero-order valence-corrected chi connectivity index (χ0v) is 14.5. The van der Waals surface area contributed by atoms with Gasteiger partial charge in [0, 0.05) is 6.42 Å². The SMILES string of the molecule is [CH2+]CCc1ccc(Cc2ccc(Cc3ccc(C)cc3)cc2)cc1. The van der Waals surface area contributed by atoms with Gasteiger partial charge in [-0.25, -0.2) is 0 Å². The van der Waals surface area contributed by atoms with Crippen molar-refractivity contribution in [3.05, 3.63) is 113 Å². The number of benzene rings is 3. The van der Waals surface area contributed by atoms with Crippen LogP contribution in [0.2, 0.25) is 0 Å². The molecule has 24 heavy (non-hydrogen) atoms. The second-order valence-corrected chi connectivity index (χ2v) is 6.58. The minimum atomic E-state index is 0.960. The minimum absolute atomic E-state index is 0.960. The highest BCUT2D eigenvalue weighted by molar-refractivity contribution is 5.33. The largest absolute Gasteiger partial charge is 0.0890 e. The van der Waals surface area contributed by atoms with E-state index in [1.807, 2.05) is 0 Å². The van der Waals surface area contributed by atoms with Crippen LogP contribution in [-0.2, 0) is 19.3 Å². The Morgan fingerprint density at radius 2 is 0.875 bits per heavy atom. The molecule has 120 valence electrons. The summed E-state index contributed by atoms with van der Waals surface area (Å²) in [7, 11) is 0. The van der Waals surface area contributed by atoms with Crippen LogP contribution in [0.5, 0.6) is 0 Å². The quantitative estimate of drug-likeness (QED) is 0.494. The molecule has 0 saturated carbocycles. The van der Waals surface area contributed by atoms with Crippen molar-refractivity contribution in [1.29, 1.82) is 0 Å². The molecule has 0 bridgehead atoms. The third-order valence-electron chi connectivity index (χ3n) is 4.45. The summed E-state index contributed by atoms with van der Waals surface area (Å²) < 4.78 is 0. The van der Waals surface area contributed by atoms with Gasteiger partial charge in [-0.2, -0.15) is 0 Å². The standard InChI is InChI=1S/C24H25/c1-3-4-20-9-11-22(12-10-20)18-24-15-13-23(14-16-24)17-21-7-5-19(2)6-8-21/h5-16H,1,3-4,17-18H2,2H3/q+1. The summed E-state index contributed by atoms with van der Waals surface area (Å²) in [6.07, 6.45) is 4.02. The van der Waals surface area contributed by atoms with Gasteiger partial charge in [0.1, 0.15) is 0 Å². The molecular weight excluding hydrogens is 288 g/mol. The first kappa shape index (κ1) is 16.4. The predicted octanol–water partition coefficient (Wildman–Crippen LogP) is 5.94. The highest BCUT2D eigenvalue weighted by atomic mass is 14.1. The van der Waals surface area contributed by atoms with Crippen molar-refractivity contribution >= 4 is 0 Å². The minimum Gasteiger partial charge on any atom is -0.0590 e. The van der Waals surface area contributed by atoms with Crippen molar-refractivity contribution in [1.82, 2.24) is 0 Å². The lowest BCUT2D eigenvalue weighted by atomic mass is 9.99. The molecule has 0 aliphatic heterocycles. The van der Waals surface area contributed by atoms with Crippen molar-refractivity contribution in [2.24, 2.45) is 0 Å². The lowest BCUT2D eigenvalue weighted by Gasteiger charge is -2.06. The predicted molar refractivity (Wildman–Crippen MR) is 103 cm³/mol. The Bertz CT molecular complexity index is 747. The molecule has 3 rings (SSSR count). The van der Waals surface area contributed by atoms with Gasteiger partial charge in [0.25, 0.3) is 0 Å². The van der Waals surface area contributed by atoms with Crippen molar-refractivity contribution < 1.29 is 0 Å². The van der Waals surface area contributed by atoms with E-state index in [-0.39, 0.29) is 0 Å². The maximum atomic E-state index is 3.91. The van der Waals surface area contributed by atoms with E-state index >= 15 is 0 Å². The van der Waals surface area contributed by atoms with E-state index in [9.17, 15) is 0 Å². The first-order valence-corrected chi connectivity index (χ1v) is 8.73. The summed E-state index contributed by atoms with van der Waals surface area (Å²) in [5, 5.41) is 0. The molecule has 3 aromatic carbocycles. The first-order valence-electron chi connectivity index (χ1n) is 8.73. The third-order valence-corrected chi connectivity index (χ3v) is 4.45. The van der Waals surface area contributed by atoms with Gasteiger partial charge < -0.3 is 0 Å². The van der Waals surface area contributed by atoms with Crippen LogP contribution in [0.1, 0.15) is 39.8 Å². The number of hydrogen-bond donors (Lipinski definition) is 0. The fourth-order valence-electron chi connectivity index (χ4n) is 2.98. The summed E-state index contributed by atoms with van der Waals surface area (Å²) in [5.41, 5.74) is 8.17. The van der Waals surface area contributed by atoms with Crippen molar-refractivity contribution in [3.8, 4) is 0 Å². The Morgan fingerprint density at radius 3 is 1.25 bits per heavy atom. The van der Waals surface area contributed by atoms with Crippen LogP contribution >= 0.6 is 0 Å². The second-order valence-electron chi connectivity index (χ2n) is 6.58. The van der Waals surface area contributed by atoms with Gasteiger partial charge in [0.15, 0.2) is 0 Å². The van der Waals surface area contributed by atoms with Crippen molar-refractivity contribution in [2.45, 2.75) is 32.6 Å². The Morgan fingerprint density at radius 1 is 0.542 bits per heavy atom. The summed E-state index contributed by atoms with van der Waals surface area (Å²) in [6, 6.07) is 26.8. The lowest BCUT2D eigenvalue weighted by Crippen LogP contribution is -1.92. The maximum Gasteiger partial charge on any atom is 0.0890 e. The molecular formula is C24H25+. The number of aryl methyl sites for hydroxylation is 2. The molecule has 0 saturated heterocycles. The molecule has 0 radical (unpaired) electrons. The smallest absolute Gasteiger partial charge is 0.0590 e. The fourth-order valence-corrected chi connectivity index (χ4v) is 2.98. The molecule has 0 nitrogen and oxygen atoms in total. The molecule has 0 fully saturated rings. The van der Waals surface area contributed by atoms with E-state index in [0.29, 0.717) is 0 Å². The van der Waals surface area contributed by atoms with E-state index in [2.05, 4.69) is 86.6 Å². The van der Waals surface area contributed by atoms with E-state index in [1.165, 1.54) is 33.4 Å². The summed E-state index contributed by atoms with van der Waals surface area (Å²) in [6.45, 7) is 6.04. The average Bonchev–Trinajstić information content (AvgIpc) is 2.61. The molecule has 3 aromatic rings. The molecule has 0 amide bonds. The summed E-state index contributed by atoms with van der Waals surface area (Å²) in [5.74, 6) is 0. The van der Waals surface area contributed by atoms with Crippen LogP contribution in [-0.4, -0.2) is 0 Å². The Hall–Kier alpha value is -2.47. The van der Waals surface area contributed by atoms with E-state index in [4.69, 9.17) is 0 Å². The highest BCUT2D eigenvalue weighted by Crippen LogP contribution is 2.15. The molecule has 0 aromatic heterocycles. The van der Waals surface area contributed by atoms with Crippen LogP contribution in [0.3, 0.4) is 0 Å². The zero-order valence-electron chi connectivity index (χ0n) is 14.5. The van der Waals surface area contributed by atoms with Gasteiger partial charge in [0.05, 0.1) is 13.3 Å². The zero-order chi connectivity index (χ0) is 16.8. The van der Waals surface area contributed by atoms with Gasteiger partial charge in [0.2, 0.25) is 0 Å². The van der Waals surface area contributed by atoms with Gasteiger partial charge in [-0.05, 0) is 47.6 Å². The van der Waals surface area contributed by atoms with E-state index in [1.54, 1.807) is 0 Å². The van der Waals surface area contributed by atoms with Crippen molar-refractivity contribution in [2.75, 3.05) is 0 Å². The van der Waals surface area contributed by atoms with Crippen LogP contribution < -0.4 is 0 Å². The maximum absolute atomic E-state index is 3.91. The van der Waals surface area contributed by atoms with Crippen LogP contribution in [0.15, 0.2) is 72.8 Å². The monoisotopic (exact) mass is 313 g/mol. The van der Waals surface area contributed by atoms with Gasteiger partial charge in [-0.3, -0.25) is 0 Å². The van der Waals surface area contributed by atoms with Gasteiger partial charge >= 0.3 is 0 Å². The number of rotatable bonds is 6. The summed E-state index contributed by atoms with van der Waals surface area (Å²) in [4.78, 5) is 0. The average molecular weight is 313 g/mol. The van der Waals surface area contributed by atoms with Crippen LogP contribution in [0.25, 0.3) is 0 Å².